The van der Waals surface area contributed by atoms with E-state index < -0.39 is 0 Å². The molecule has 3 aromatic rings. The summed E-state index contributed by atoms with van der Waals surface area (Å²) in [5.41, 5.74) is 3.10. The van der Waals surface area contributed by atoms with E-state index >= 15 is 0 Å². The smallest absolute Gasteiger partial charge is 0.129 e. The van der Waals surface area contributed by atoms with Crippen LogP contribution < -0.4 is 0 Å². The van der Waals surface area contributed by atoms with Gasteiger partial charge in [-0.3, -0.25) is 9.67 Å². The molecule has 0 aliphatic rings. The summed E-state index contributed by atoms with van der Waals surface area (Å²) < 4.78 is 1.78. The molecule has 0 saturated heterocycles. The summed E-state index contributed by atoms with van der Waals surface area (Å²) in [6.07, 6.45) is 7.51. The number of rotatable bonds is 2. The van der Waals surface area contributed by atoms with Gasteiger partial charge in [-0.1, -0.05) is 25.4 Å². The maximum absolute atomic E-state index is 6.04. The van der Waals surface area contributed by atoms with Crippen molar-refractivity contribution in [2.45, 2.75) is 19.8 Å². The van der Waals surface area contributed by atoms with E-state index in [1.165, 1.54) is 0 Å². The molecule has 0 radical (unpaired) electrons. The minimum absolute atomic E-state index is 0.332. The second kappa shape index (κ2) is 4.87. The van der Waals surface area contributed by atoms with Crippen molar-refractivity contribution in [3.8, 4) is 11.1 Å². The molecule has 3 rings (SSSR count). The van der Waals surface area contributed by atoms with Crippen molar-refractivity contribution in [1.82, 2.24) is 19.7 Å². The maximum Gasteiger partial charge on any atom is 0.129 e. The molecule has 102 valence electrons. The van der Waals surface area contributed by atoms with Gasteiger partial charge in [0.1, 0.15) is 5.15 Å². The minimum atomic E-state index is 0.332. The molecule has 3 aromatic heterocycles. The molecule has 0 bridgehead atoms. The lowest BCUT2D eigenvalue weighted by Gasteiger charge is -2.11. The molecule has 0 saturated carbocycles. The molecule has 5 heteroatoms. The zero-order valence-electron chi connectivity index (χ0n) is 11.6. The van der Waals surface area contributed by atoms with E-state index in [1.807, 2.05) is 37.9 Å². The Morgan fingerprint density at radius 1 is 1.10 bits per heavy atom. The van der Waals surface area contributed by atoms with Crippen molar-refractivity contribution in [2.24, 2.45) is 7.05 Å². The van der Waals surface area contributed by atoms with Crippen LogP contribution in [0, 0.1) is 0 Å². The van der Waals surface area contributed by atoms with Gasteiger partial charge in [0.05, 0.1) is 11.9 Å². The molecule has 0 aliphatic heterocycles. The second-order valence-corrected chi connectivity index (χ2v) is 5.55. The van der Waals surface area contributed by atoms with Crippen molar-refractivity contribution in [1.29, 1.82) is 0 Å². The van der Waals surface area contributed by atoms with Gasteiger partial charge in [-0.25, -0.2) is 4.98 Å². The summed E-state index contributed by atoms with van der Waals surface area (Å²) in [7, 11) is 1.90. The van der Waals surface area contributed by atoms with Crippen LogP contribution >= 0.6 is 11.6 Å². The first kappa shape index (κ1) is 13.1. The number of halogens is 1. The molecular formula is C15H15ClN4. The van der Waals surface area contributed by atoms with Gasteiger partial charge in [-0.15, -0.1) is 0 Å². The molecule has 0 atom stereocenters. The molecule has 0 amide bonds. The van der Waals surface area contributed by atoms with E-state index in [0.29, 0.717) is 11.1 Å². The average Bonchev–Trinajstić information content (AvgIpc) is 2.83. The Morgan fingerprint density at radius 2 is 1.90 bits per heavy atom. The molecule has 0 unspecified atom stereocenters. The summed E-state index contributed by atoms with van der Waals surface area (Å²) >= 11 is 6.04. The predicted octanol–water partition coefficient (Wildman–Crippen LogP) is 3.81. The van der Waals surface area contributed by atoms with E-state index in [4.69, 9.17) is 11.6 Å². The van der Waals surface area contributed by atoms with Gasteiger partial charge < -0.3 is 0 Å². The van der Waals surface area contributed by atoms with Gasteiger partial charge in [0.2, 0.25) is 0 Å². The normalized spacial score (nSPS) is 11.4. The molecular weight excluding hydrogens is 272 g/mol. The Morgan fingerprint density at radius 3 is 2.55 bits per heavy atom. The van der Waals surface area contributed by atoms with E-state index in [1.54, 1.807) is 4.68 Å². The lowest BCUT2D eigenvalue weighted by Crippen LogP contribution is -1.96. The van der Waals surface area contributed by atoms with Gasteiger partial charge >= 0.3 is 0 Å². The highest BCUT2D eigenvalue weighted by molar-refractivity contribution is 6.30. The molecule has 3 heterocycles. The largest absolute Gasteiger partial charge is 0.275 e. The summed E-state index contributed by atoms with van der Waals surface area (Å²) in [5, 5.41) is 6.82. The molecule has 0 aliphatic carbocycles. The van der Waals surface area contributed by atoms with Gasteiger partial charge in [0, 0.05) is 47.5 Å². The third-order valence-corrected chi connectivity index (χ3v) is 3.54. The maximum atomic E-state index is 6.04. The number of nitrogens with zero attached hydrogens (tertiary/aromatic N) is 4. The number of fused-ring (bicyclic) bond motifs is 1. The van der Waals surface area contributed by atoms with Crippen LogP contribution in [0.2, 0.25) is 5.15 Å². The number of aromatic nitrogens is 4. The first-order chi connectivity index (χ1) is 9.56. The Bertz CT molecular complexity index is 777. The van der Waals surface area contributed by atoms with Crippen molar-refractivity contribution in [2.75, 3.05) is 0 Å². The van der Waals surface area contributed by atoms with Crippen LogP contribution in [0.15, 0.2) is 30.9 Å². The topological polar surface area (TPSA) is 43.6 Å². The molecule has 0 spiro atoms. The van der Waals surface area contributed by atoms with Crippen LogP contribution in [0.5, 0.6) is 0 Å². The molecule has 0 aromatic carbocycles. The van der Waals surface area contributed by atoms with Crippen LogP contribution in [-0.4, -0.2) is 19.7 Å². The van der Waals surface area contributed by atoms with Crippen molar-refractivity contribution in [3.63, 3.8) is 0 Å². The van der Waals surface area contributed by atoms with E-state index in [9.17, 15) is 0 Å². The van der Waals surface area contributed by atoms with Crippen molar-refractivity contribution < 1.29 is 0 Å². The Kier molecular flexibility index (Phi) is 3.18. The third kappa shape index (κ3) is 2.16. The number of aryl methyl sites for hydroxylation is 1. The van der Waals surface area contributed by atoms with Gasteiger partial charge in [-0.05, 0) is 12.0 Å². The van der Waals surface area contributed by atoms with Gasteiger partial charge in [0.25, 0.3) is 0 Å². The van der Waals surface area contributed by atoms with E-state index in [2.05, 4.69) is 28.9 Å². The van der Waals surface area contributed by atoms with Crippen LogP contribution in [-0.2, 0) is 7.05 Å². The van der Waals surface area contributed by atoms with Gasteiger partial charge in [-0.2, -0.15) is 5.10 Å². The molecule has 20 heavy (non-hydrogen) atoms. The quantitative estimate of drug-likeness (QED) is 0.673. The summed E-state index contributed by atoms with van der Waals surface area (Å²) in [4.78, 5) is 8.82. The first-order valence-electron chi connectivity index (χ1n) is 6.49. The lowest BCUT2D eigenvalue weighted by molar-refractivity contribution is 0.768. The molecule has 4 nitrogen and oxygen atoms in total. The fraction of sp³-hybridized carbons (Fsp3) is 0.267. The molecule has 0 N–H and O–H groups in total. The highest BCUT2D eigenvalue weighted by Gasteiger charge is 2.13. The summed E-state index contributed by atoms with van der Waals surface area (Å²) in [6, 6.07) is 1.89. The number of pyridine rings is 2. The van der Waals surface area contributed by atoms with Crippen LogP contribution in [0.4, 0.5) is 0 Å². The van der Waals surface area contributed by atoms with Crippen LogP contribution in [0.3, 0.4) is 0 Å². The minimum Gasteiger partial charge on any atom is -0.275 e. The third-order valence-electron chi connectivity index (χ3n) is 3.33. The SMILES string of the molecule is CC(C)c1ncc(-c2cnn(C)c2)c2cnc(Cl)cc12. The predicted molar refractivity (Wildman–Crippen MR) is 80.8 cm³/mol. The van der Waals surface area contributed by atoms with E-state index in [0.717, 1.165) is 27.6 Å². The first-order valence-corrected chi connectivity index (χ1v) is 6.87. The zero-order valence-corrected chi connectivity index (χ0v) is 12.4. The lowest BCUT2D eigenvalue weighted by atomic mass is 9.99. The number of hydrogen-bond donors (Lipinski definition) is 0. The number of hydrogen-bond acceptors (Lipinski definition) is 3. The van der Waals surface area contributed by atoms with Crippen LogP contribution in [0.1, 0.15) is 25.5 Å². The van der Waals surface area contributed by atoms with E-state index in [-0.39, 0.29) is 0 Å². The monoisotopic (exact) mass is 286 g/mol. The Hall–Kier alpha value is -1.94. The Labute approximate surface area is 122 Å². The van der Waals surface area contributed by atoms with Crippen molar-refractivity contribution in [3.05, 3.63) is 41.7 Å². The molecule has 0 fully saturated rings. The summed E-state index contributed by atoms with van der Waals surface area (Å²) in [6.45, 7) is 4.25. The summed E-state index contributed by atoms with van der Waals surface area (Å²) in [5.74, 6) is 0.332. The fourth-order valence-corrected chi connectivity index (χ4v) is 2.54. The van der Waals surface area contributed by atoms with Gasteiger partial charge in [0.15, 0.2) is 0 Å². The standard InChI is InChI=1S/C15H15ClN4/c1-9(2)15-11-4-14(16)17-7-13(11)12(6-18-15)10-5-19-20(3)8-10/h4-9H,1-3H3. The highest BCUT2D eigenvalue weighted by Crippen LogP contribution is 2.32. The van der Waals surface area contributed by atoms with Crippen molar-refractivity contribution >= 4 is 22.4 Å². The average molecular weight is 287 g/mol. The second-order valence-electron chi connectivity index (χ2n) is 5.17. The Balaban J connectivity index is 2.33. The zero-order chi connectivity index (χ0) is 14.3. The highest BCUT2D eigenvalue weighted by atomic mass is 35.5. The van der Waals surface area contributed by atoms with Crippen LogP contribution in [0.25, 0.3) is 21.9 Å². The fourth-order valence-electron chi connectivity index (χ4n) is 2.38.